The number of anilines is 2. The van der Waals surface area contributed by atoms with Crippen LogP contribution < -0.4 is 10.2 Å². The lowest BCUT2D eigenvalue weighted by Crippen LogP contribution is -2.42. The van der Waals surface area contributed by atoms with Crippen LogP contribution in [0.5, 0.6) is 0 Å². The summed E-state index contributed by atoms with van der Waals surface area (Å²) in [7, 11) is 0. The number of nitrogens with one attached hydrogen (secondary N) is 1. The number of hydrogen-bond donors (Lipinski definition) is 1. The van der Waals surface area contributed by atoms with Crippen LogP contribution in [0.1, 0.15) is 18.0 Å². The van der Waals surface area contributed by atoms with Gasteiger partial charge < -0.3 is 10.1 Å². The van der Waals surface area contributed by atoms with E-state index in [0.29, 0.717) is 25.7 Å². The minimum atomic E-state index is -0.604. The molecule has 1 atom stereocenters. The van der Waals surface area contributed by atoms with E-state index >= 15 is 0 Å². The Morgan fingerprint density at radius 3 is 2.62 bits per heavy atom. The monoisotopic (exact) mass is 433 g/mol. The molecule has 2 aliphatic heterocycles. The van der Waals surface area contributed by atoms with Gasteiger partial charge in [0.15, 0.2) is 0 Å². The lowest BCUT2D eigenvalue weighted by molar-refractivity contribution is -0.124. The molecule has 32 heavy (non-hydrogen) atoms. The van der Waals surface area contributed by atoms with Crippen LogP contribution in [0.25, 0.3) is 11.0 Å². The second kappa shape index (κ2) is 8.72. The number of nitrogens with zero attached hydrogens (tertiary/aromatic N) is 4. The highest BCUT2D eigenvalue weighted by Crippen LogP contribution is 2.36. The smallest absolute Gasteiger partial charge is 0.253 e. The molecule has 2 aromatic carbocycles. The maximum absolute atomic E-state index is 13.4. The van der Waals surface area contributed by atoms with Gasteiger partial charge in [-0.05, 0) is 31.2 Å². The van der Waals surface area contributed by atoms with Crippen LogP contribution in [-0.2, 0) is 14.3 Å². The molecule has 1 fully saturated rings. The van der Waals surface area contributed by atoms with Gasteiger partial charge in [0, 0.05) is 31.9 Å². The zero-order valence-corrected chi connectivity index (χ0v) is 18.2. The average molecular weight is 434 g/mol. The van der Waals surface area contributed by atoms with Gasteiger partial charge in [0.2, 0.25) is 11.9 Å². The first-order chi connectivity index (χ1) is 15.6. The molecule has 2 amide bonds. The van der Waals surface area contributed by atoms with Crippen molar-refractivity contribution in [3.05, 3.63) is 54.1 Å². The summed E-state index contributed by atoms with van der Waals surface area (Å²) in [4.78, 5) is 35.0. The second-order valence-corrected chi connectivity index (χ2v) is 8.35. The summed E-state index contributed by atoms with van der Waals surface area (Å²) in [6.07, 6.45) is 0.0636. The molecule has 1 aromatic heterocycles. The quantitative estimate of drug-likeness (QED) is 0.646. The number of aromatic nitrogens is 2. The molecule has 0 spiro atoms. The molecule has 3 aromatic rings. The molecular formula is C24H27N5O3. The Morgan fingerprint density at radius 2 is 1.84 bits per heavy atom. The number of morpholine rings is 1. The van der Waals surface area contributed by atoms with Crippen molar-refractivity contribution in [1.29, 1.82) is 0 Å². The highest BCUT2D eigenvalue weighted by molar-refractivity contribution is 6.05. The van der Waals surface area contributed by atoms with Gasteiger partial charge >= 0.3 is 0 Å². The van der Waals surface area contributed by atoms with E-state index in [2.05, 4.69) is 10.2 Å². The Morgan fingerprint density at radius 1 is 1.09 bits per heavy atom. The Kier molecular flexibility index (Phi) is 5.63. The van der Waals surface area contributed by atoms with Crippen LogP contribution in [0.4, 0.5) is 11.6 Å². The minimum absolute atomic E-state index is 0.0636. The van der Waals surface area contributed by atoms with Crippen molar-refractivity contribution in [3.63, 3.8) is 0 Å². The topological polar surface area (TPSA) is 79.7 Å². The second-order valence-electron chi connectivity index (χ2n) is 8.35. The lowest BCUT2D eigenvalue weighted by atomic mass is 10.1. The Bertz CT molecular complexity index is 1130. The van der Waals surface area contributed by atoms with Crippen LogP contribution in [0.15, 0.2) is 48.5 Å². The Hall–Kier alpha value is -3.23. The molecule has 166 valence electrons. The zero-order chi connectivity index (χ0) is 22.1. The predicted octanol–water partition coefficient (Wildman–Crippen LogP) is 2.59. The third-order valence-corrected chi connectivity index (χ3v) is 6.14. The molecule has 8 heteroatoms. The van der Waals surface area contributed by atoms with Gasteiger partial charge in [0.25, 0.3) is 5.91 Å². The van der Waals surface area contributed by atoms with Crippen LogP contribution in [0, 0.1) is 6.92 Å². The van der Waals surface area contributed by atoms with Crippen molar-refractivity contribution in [2.24, 2.45) is 0 Å². The molecule has 0 radical (unpaired) electrons. The number of amides is 2. The van der Waals surface area contributed by atoms with Crippen LogP contribution in [0.2, 0.25) is 0 Å². The van der Waals surface area contributed by atoms with E-state index < -0.39 is 6.04 Å². The largest absolute Gasteiger partial charge is 0.379 e. The Labute approximate surface area is 186 Å². The fraction of sp³-hybridized carbons (Fsp3) is 0.375. The number of carbonyl (C=O) groups is 2. The SMILES string of the molecule is Cc1ccc(NC(=O)C[C@@H]2C(=O)N(CCN3CCOCC3)c3nc4ccccc4n32)cc1. The molecule has 5 rings (SSSR count). The first-order valence-electron chi connectivity index (χ1n) is 11.0. The summed E-state index contributed by atoms with van der Waals surface area (Å²) in [6, 6.07) is 14.8. The lowest BCUT2D eigenvalue weighted by Gasteiger charge is -2.28. The van der Waals surface area contributed by atoms with E-state index in [9.17, 15) is 9.59 Å². The van der Waals surface area contributed by atoms with Gasteiger partial charge in [0.1, 0.15) is 6.04 Å². The van der Waals surface area contributed by atoms with Gasteiger partial charge in [-0.1, -0.05) is 29.8 Å². The van der Waals surface area contributed by atoms with E-state index in [1.807, 2.05) is 60.0 Å². The van der Waals surface area contributed by atoms with E-state index in [4.69, 9.17) is 9.72 Å². The zero-order valence-electron chi connectivity index (χ0n) is 18.2. The third kappa shape index (κ3) is 3.99. The number of ether oxygens (including phenoxy) is 1. The van der Waals surface area contributed by atoms with Crippen molar-refractivity contribution in [3.8, 4) is 0 Å². The number of benzene rings is 2. The van der Waals surface area contributed by atoms with Crippen molar-refractivity contribution < 1.29 is 14.3 Å². The fourth-order valence-electron chi connectivity index (χ4n) is 4.40. The van der Waals surface area contributed by atoms with Crippen molar-refractivity contribution in [1.82, 2.24) is 14.5 Å². The Balaban J connectivity index is 1.38. The summed E-state index contributed by atoms with van der Waals surface area (Å²) >= 11 is 0. The number of fused-ring (bicyclic) bond motifs is 3. The molecule has 0 unspecified atom stereocenters. The molecule has 3 heterocycles. The molecule has 2 aliphatic rings. The molecule has 0 saturated carbocycles. The van der Waals surface area contributed by atoms with E-state index in [1.165, 1.54) is 0 Å². The number of hydrogen-bond acceptors (Lipinski definition) is 5. The third-order valence-electron chi connectivity index (χ3n) is 6.14. The summed E-state index contributed by atoms with van der Waals surface area (Å²) in [5.74, 6) is 0.356. The number of imidazole rings is 1. The van der Waals surface area contributed by atoms with Gasteiger partial charge in [-0.25, -0.2) is 4.98 Å². The van der Waals surface area contributed by atoms with Gasteiger partial charge in [0.05, 0.1) is 30.7 Å². The summed E-state index contributed by atoms with van der Waals surface area (Å²) in [6.45, 7) is 6.45. The molecule has 0 aliphatic carbocycles. The van der Waals surface area contributed by atoms with E-state index in [0.717, 1.165) is 41.9 Å². The predicted molar refractivity (Wildman–Crippen MR) is 123 cm³/mol. The molecule has 8 nitrogen and oxygen atoms in total. The van der Waals surface area contributed by atoms with Gasteiger partial charge in [-0.3, -0.25) is 24.0 Å². The summed E-state index contributed by atoms with van der Waals surface area (Å²) in [5.41, 5.74) is 3.55. The fourth-order valence-corrected chi connectivity index (χ4v) is 4.40. The van der Waals surface area contributed by atoms with Gasteiger partial charge in [-0.2, -0.15) is 0 Å². The number of aryl methyl sites for hydroxylation is 1. The highest BCUT2D eigenvalue weighted by atomic mass is 16.5. The maximum atomic E-state index is 13.4. The van der Waals surface area contributed by atoms with Crippen molar-refractivity contribution in [2.45, 2.75) is 19.4 Å². The summed E-state index contributed by atoms with van der Waals surface area (Å²) < 4.78 is 7.34. The first kappa shape index (κ1) is 20.7. The van der Waals surface area contributed by atoms with E-state index in [-0.39, 0.29) is 18.2 Å². The summed E-state index contributed by atoms with van der Waals surface area (Å²) in [5, 5.41) is 2.92. The highest BCUT2D eigenvalue weighted by Gasteiger charge is 2.40. The van der Waals surface area contributed by atoms with Crippen molar-refractivity contribution in [2.75, 3.05) is 49.6 Å². The number of rotatable bonds is 6. The van der Waals surface area contributed by atoms with Gasteiger partial charge in [-0.15, -0.1) is 0 Å². The van der Waals surface area contributed by atoms with Crippen LogP contribution in [-0.4, -0.2) is 65.7 Å². The van der Waals surface area contributed by atoms with Crippen molar-refractivity contribution >= 4 is 34.5 Å². The van der Waals surface area contributed by atoms with E-state index in [1.54, 1.807) is 4.90 Å². The van der Waals surface area contributed by atoms with Crippen LogP contribution >= 0.6 is 0 Å². The molecule has 0 bridgehead atoms. The molecular weight excluding hydrogens is 406 g/mol. The molecule has 1 N–H and O–H groups in total. The minimum Gasteiger partial charge on any atom is -0.379 e. The number of para-hydroxylation sites is 2. The van der Waals surface area contributed by atoms with Crippen LogP contribution in [0.3, 0.4) is 0 Å². The molecule has 1 saturated heterocycles. The first-order valence-corrected chi connectivity index (χ1v) is 11.0. The average Bonchev–Trinajstić information content (AvgIpc) is 3.29. The normalized spacial score (nSPS) is 18.8. The maximum Gasteiger partial charge on any atom is 0.253 e. The number of carbonyl (C=O) groups excluding carboxylic acids is 2. The standard InChI is InChI=1S/C24H27N5O3/c1-17-6-8-18(9-7-17)25-22(30)16-21-23(31)28(11-10-27-12-14-32-15-13-27)24-26-19-4-2-3-5-20(19)29(21)24/h2-9,21H,10-16H2,1H3,(H,25,30)/t21-/m1/s1.